The molecule has 0 saturated heterocycles. The Bertz CT molecular complexity index is 173. The monoisotopic (exact) mass is 217 g/mol. The largest absolute Gasteiger partial charge is 0.326 e. The zero-order valence-corrected chi connectivity index (χ0v) is 10.4. The van der Waals surface area contributed by atoms with Crippen LogP contribution in [0.25, 0.3) is 0 Å². The van der Waals surface area contributed by atoms with Crippen molar-refractivity contribution in [3.63, 3.8) is 0 Å². The van der Waals surface area contributed by atoms with Gasteiger partial charge in [0, 0.05) is 17.7 Å². The van der Waals surface area contributed by atoms with E-state index in [1.165, 1.54) is 0 Å². The highest BCUT2D eigenvalue weighted by Gasteiger charge is 2.22. The third kappa shape index (κ3) is 5.01. The van der Waals surface area contributed by atoms with Crippen molar-refractivity contribution in [3.05, 3.63) is 0 Å². The first kappa shape index (κ1) is 14.0. The number of carbonyl (C=O) groups is 1. The molecule has 3 heteroatoms. The first-order chi connectivity index (χ1) is 6.52. The second-order valence-corrected chi connectivity index (χ2v) is 4.67. The molecule has 0 heterocycles. The molecule has 14 heavy (non-hydrogen) atoms. The van der Waals surface area contributed by atoms with Gasteiger partial charge in [-0.1, -0.05) is 26.7 Å². The first-order valence-corrected chi connectivity index (χ1v) is 5.97. The van der Waals surface area contributed by atoms with Crippen molar-refractivity contribution in [2.24, 2.45) is 11.7 Å². The van der Waals surface area contributed by atoms with Crippen molar-refractivity contribution < 1.29 is 4.79 Å². The summed E-state index contributed by atoms with van der Waals surface area (Å²) in [4.78, 5) is 11.0. The van der Waals surface area contributed by atoms with Gasteiger partial charge in [-0.15, -0.1) is 0 Å². The zero-order chi connectivity index (χ0) is 11.1. The Morgan fingerprint density at radius 1 is 1.43 bits per heavy atom. The van der Waals surface area contributed by atoms with Crippen molar-refractivity contribution in [1.82, 2.24) is 0 Å². The summed E-state index contributed by atoms with van der Waals surface area (Å²) in [5.41, 5.74) is 6.08. The predicted octanol–water partition coefficient (Wildman–Crippen LogP) is 2.42. The highest BCUT2D eigenvalue weighted by Crippen LogP contribution is 2.20. The molecule has 0 aliphatic heterocycles. The van der Waals surface area contributed by atoms with E-state index in [0.29, 0.717) is 12.3 Å². The standard InChI is InChI=1S/C11H23NOS/c1-4-6-10(14)11(12)9(5-2)7-8(3)13/h9-11,14H,4-7,12H2,1-3H3/t9-,10?,11-/m0/s1. The minimum Gasteiger partial charge on any atom is -0.326 e. The topological polar surface area (TPSA) is 43.1 Å². The summed E-state index contributed by atoms with van der Waals surface area (Å²) in [6, 6.07) is 0.0483. The van der Waals surface area contributed by atoms with Gasteiger partial charge in [0.15, 0.2) is 0 Å². The summed E-state index contributed by atoms with van der Waals surface area (Å²) in [7, 11) is 0. The molecule has 1 unspecified atom stereocenters. The van der Waals surface area contributed by atoms with E-state index in [1.54, 1.807) is 6.92 Å². The molecule has 2 N–H and O–H groups in total. The van der Waals surface area contributed by atoms with Crippen LogP contribution in [0.4, 0.5) is 0 Å². The molecule has 0 saturated carbocycles. The van der Waals surface area contributed by atoms with Gasteiger partial charge in [-0.3, -0.25) is 0 Å². The molecule has 0 aliphatic carbocycles. The van der Waals surface area contributed by atoms with Crippen molar-refractivity contribution in [1.29, 1.82) is 0 Å². The number of Topliss-reactive ketones (excluding diaryl/α,β-unsaturated/α-hetero) is 1. The highest BCUT2D eigenvalue weighted by molar-refractivity contribution is 7.81. The molecule has 0 aromatic carbocycles. The van der Waals surface area contributed by atoms with E-state index in [4.69, 9.17) is 5.73 Å². The van der Waals surface area contributed by atoms with E-state index >= 15 is 0 Å². The highest BCUT2D eigenvalue weighted by atomic mass is 32.1. The van der Waals surface area contributed by atoms with Crippen LogP contribution in [-0.4, -0.2) is 17.1 Å². The molecule has 0 aromatic rings. The number of hydrogen-bond acceptors (Lipinski definition) is 3. The quantitative estimate of drug-likeness (QED) is 0.643. The number of carbonyl (C=O) groups excluding carboxylic acids is 1. The summed E-state index contributed by atoms with van der Waals surface area (Å²) in [5.74, 6) is 0.519. The molecule has 0 aliphatic rings. The van der Waals surface area contributed by atoms with Crippen molar-refractivity contribution in [2.75, 3.05) is 0 Å². The van der Waals surface area contributed by atoms with Gasteiger partial charge in [0.25, 0.3) is 0 Å². The van der Waals surface area contributed by atoms with Crippen LogP contribution in [0, 0.1) is 5.92 Å². The van der Waals surface area contributed by atoms with Crippen molar-refractivity contribution >= 4 is 18.4 Å². The van der Waals surface area contributed by atoms with E-state index in [1.807, 2.05) is 0 Å². The maximum atomic E-state index is 11.0. The van der Waals surface area contributed by atoms with Crippen LogP contribution in [-0.2, 0) is 4.79 Å². The van der Waals surface area contributed by atoms with Crippen LogP contribution >= 0.6 is 12.6 Å². The van der Waals surface area contributed by atoms with Crippen LogP contribution in [0.1, 0.15) is 46.5 Å². The summed E-state index contributed by atoms with van der Waals surface area (Å²) in [5, 5.41) is 0.226. The fourth-order valence-corrected chi connectivity index (χ4v) is 2.23. The Hall–Kier alpha value is -0.0200. The maximum absolute atomic E-state index is 11.0. The predicted molar refractivity (Wildman–Crippen MR) is 64.7 cm³/mol. The Labute approximate surface area is 93.0 Å². The van der Waals surface area contributed by atoms with Gasteiger partial charge in [0.1, 0.15) is 5.78 Å². The molecule has 0 radical (unpaired) electrons. The normalized spacial score (nSPS) is 17.5. The maximum Gasteiger partial charge on any atom is 0.130 e. The Morgan fingerprint density at radius 3 is 2.36 bits per heavy atom. The van der Waals surface area contributed by atoms with E-state index in [2.05, 4.69) is 26.5 Å². The van der Waals surface area contributed by atoms with E-state index in [0.717, 1.165) is 19.3 Å². The number of nitrogens with two attached hydrogens (primary N) is 1. The molecule has 2 nitrogen and oxygen atoms in total. The Morgan fingerprint density at radius 2 is 2.00 bits per heavy atom. The van der Waals surface area contributed by atoms with Crippen LogP contribution in [0.2, 0.25) is 0 Å². The van der Waals surface area contributed by atoms with Crippen molar-refractivity contribution in [3.8, 4) is 0 Å². The number of hydrogen-bond donors (Lipinski definition) is 2. The average molecular weight is 217 g/mol. The molecule has 0 spiro atoms. The van der Waals surface area contributed by atoms with Gasteiger partial charge in [-0.25, -0.2) is 0 Å². The molecular formula is C11H23NOS. The molecule has 3 atom stereocenters. The van der Waals surface area contributed by atoms with Gasteiger partial charge in [-0.2, -0.15) is 12.6 Å². The SMILES string of the molecule is CCCC(S)[C@@H](N)[C@@H](CC)CC(C)=O. The average Bonchev–Trinajstić information content (AvgIpc) is 2.13. The minimum absolute atomic E-state index is 0.0483. The van der Waals surface area contributed by atoms with Crippen LogP contribution in [0.15, 0.2) is 0 Å². The van der Waals surface area contributed by atoms with Gasteiger partial charge < -0.3 is 10.5 Å². The molecule has 0 bridgehead atoms. The summed E-state index contributed by atoms with van der Waals surface area (Å²) < 4.78 is 0. The molecule has 0 fully saturated rings. The summed E-state index contributed by atoms with van der Waals surface area (Å²) in [6.45, 7) is 5.84. The fraction of sp³-hybridized carbons (Fsp3) is 0.909. The van der Waals surface area contributed by atoms with E-state index in [-0.39, 0.29) is 17.1 Å². The first-order valence-electron chi connectivity index (χ1n) is 5.45. The van der Waals surface area contributed by atoms with Gasteiger partial charge in [0.05, 0.1) is 0 Å². The lowest BCUT2D eigenvalue weighted by Crippen LogP contribution is -2.39. The third-order valence-electron chi connectivity index (χ3n) is 2.65. The molecule has 0 amide bonds. The second-order valence-electron chi connectivity index (χ2n) is 4.01. The summed E-state index contributed by atoms with van der Waals surface area (Å²) >= 11 is 4.48. The fourth-order valence-electron chi connectivity index (χ4n) is 1.72. The van der Waals surface area contributed by atoms with Crippen LogP contribution < -0.4 is 5.73 Å². The lowest BCUT2D eigenvalue weighted by molar-refractivity contribution is -0.118. The third-order valence-corrected chi connectivity index (χ3v) is 3.25. The minimum atomic E-state index is 0.0483. The molecule has 0 rings (SSSR count). The van der Waals surface area contributed by atoms with E-state index in [9.17, 15) is 4.79 Å². The zero-order valence-electron chi connectivity index (χ0n) is 9.49. The molecular weight excluding hydrogens is 194 g/mol. The lowest BCUT2D eigenvalue weighted by atomic mass is 9.89. The number of rotatable bonds is 7. The van der Waals surface area contributed by atoms with Gasteiger partial charge in [0.2, 0.25) is 0 Å². The molecule has 0 aromatic heterocycles. The van der Waals surface area contributed by atoms with E-state index < -0.39 is 0 Å². The van der Waals surface area contributed by atoms with Gasteiger partial charge in [-0.05, 0) is 19.3 Å². The Kier molecular flexibility index (Phi) is 7.28. The number of thiol groups is 1. The van der Waals surface area contributed by atoms with Gasteiger partial charge >= 0.3 is 0 Å². The summed E-state index contributed by atoms with van der Waals surface area (Å²) in [6.07, 6.45) is 3.68. The van der Waals surface area contributed by atoms with Crippen LogP contribution in [0.5, 0.6) is 0 Å². The Balaban J connectivity index is 4.14. The van der Waals surface area contributed by atoms with Crippen LogP contribution in [0.3, 0.4) is 0 Å². The number of ketones is 1. The lowest BCUT2D eigenvalue weighted by Gasteiger charge is -2.26. The smallest absolute Gasteiger partial charge is 0.130 e. The second kappa shape index (κ2) is 7.30. The van der Waals surface area contributed by atoms with Crippen molar-refractivity contribution in [2.45, 2.75) is 57.7 Å². The molecule has 84 valence electrons.